The number of esters is 1. The molecule has 174 valence electrons. The Hall–Kier alpha value is -2.61. The van der Waals surface area contributed by atoms with Gasteiger partial charge in [-0.15, -0.1) is 0 Å². The summed E-state index contributed by atoms with van der Waals surface area (Å²) in [4.78, 5) is 12.7. The van der Waals surface area contributed by atoms with Crippen molar-refractivity contribution in [3.63, 3.8) is 0 Å². The van der Waals surface area contributed by atoms with E-state index in [2.05, 4.69) is 15.9 Å². The molecule has 3 atom stereocenters. The Kier molecular flexibility index (Phi) is 6.04. The van der Waals surface area contributed by atoms with E-state index in [4.69, 9.17) is 16.3 Å². The molecule has 2 aliphatic rings. The topological polar surface area (TPSA) is 63.7 Å². The molecule has 0 bridgehead atoms. The minimum Gasteiger partial charge on any atom is -0.459 e. The van der Waals surface area contributed by atoms with Crippen molar-refractivity contribution in [3.05, 3.63) is 105 Å². The van der Waals surface area contributed by atoms with Gasteiger partial charge in [0, 0.05) is 15.4 Å². The fourth-order valence-electron chi connectivity index (χ4n) is 4.59. The highest BCUT2D eigenvalue weighted by Gasteiger charge is 2.51. The number of benzene rings is 3. The highest BCUT2D eigenvalue weighted by atomic mass is 79.9. The lowest BCUT2D eigenvalue weighted by molar-refractivity contribution is -0.141. The van der Waals surface area contributed by atoms with Crippen molar-refractivity contribution in [2.75, 3.05) is 0 Å². The average Bonchev–Trinajstić information content (AvgIpc) is 3.19. The molecule has 1 saturated heterocycles. The number of hydrogen-bond acceptors (Lipinski definition) is 4. The van der Waals surface area contributed by atoms with Gasteiger partial charge >= 0.3 is 5.97 Å². The summed E-state index contributed by atoms with van der Waals surface area (Å²) in [5.41, 5.74) is 3.08. The molecular weight excluding hydrogens is 538 g/mol. The Morgan fingerprint density at radius 3 is 2.41 bits per heavy atom. The van der Waals surface area contributed by atoms with Crippen molar-refractivity contribution in [1.82, 2.24) is 4.31 Å². The predicted molar refractivity (Wildman–Crippen MR) is 135 cm³/mol. The van der Waals surface area contributed by atoms with Crippen LogP contribution in [0.2, 0.25) is 5.02 Å². The number of aryl methyl sites for hydroxylation is 1. The molecule has 3 aromatic carbocycles. The van der Waals surface area contributed by atoms with Gasteiger partial charge in [-0.05, 0) is 60.5 Å². The van der Waals surface area contributed by atoms with Gasteiger partial charge in [-0.3, -0.25) is 9.10 Å². The van der Waals surface area contributed by atoms with Crippen molar-refractivity contribution in [1.29, 1.82) is 0 Å². The molecule has 1 fully saturated rings. The van der Waals surface area contributed by atoms with Crippen LogP contribution >= 0.6 is 27.5 Å². The van der Waals surface area contributed by atoms with E-state index in [0.717, 1.165) is 15.6 Å². The van der Waals surface area contributed by atoms with Gasteiger partial charge in [0.1, 0.15) is 6.10 Å². The quantitative estimate of drug-likeness (QED) is 0.373. The lowest BCUT2D eigenvalue weighted by Gasteiger charge is -2.40. The number of ether oxygens (including phenoxy) is 1. The first kappa shape index (κ1) is 23.1. The smallest absolute Gasteiger partial charge is 0.308 e. The standard InChI is InChI=1S/C26H21BrClNO4S/c1-16-5-11-21(12-6-16)34(31,32)29-23(17-7-9-20(28)10-8-17)14-22(18-3-2-4-19(27)13-18)26-24(29)15-25(30)33-26/h2-14,22,24,26H,15H2,1H3/t22-,24+,26+/m0/s1. The van der Waals surface area contributed by atoms with Crippen molar-refractivity contribution in [2.45, 2.75) is 36.3 Å². The summed E-state index contributed by atoms with van der Waals surface area (Å²) in [6, 6.07) is 20.8. The summed E-state index contributed by atoms with van der Waals surface area (Å²) >= 11 is 9.63. The van der Waals surface area contributed by atoms with E-state index in [-0.39, 0.29) is 17.2 Å². The predicted octanol–water partition coefficient (Wildman–Crippen LogP) is 5.92. The van der Waals surface area contributed by atoms with Crippen LogP contribution in [0, 0.1) is 6.92 Å². The molecule has 3 aromatic rings. The summed E-state index contributed by atoms with van der Waals surface area (Å²) < 4.78 is 35.9. The number of nitrogens with zero attached hydrogens (tertiary/aromatic N) is 1. The molecule has 0 aliphatic carbocycles. The fourth-order valence-corrected chi connectivity index (χ4v) is 6.81. The van der Waals surface area contributed by atoms with Gasteiger partial charge in [-0.1, -0.05) is 69.5 Å². The third-order valence-electron chi connectivity index (χ3n) is 6.20. The maximum absolute atomic E-state index is 14.0. The zero-order valence-corrected chi connectivity index (χ0v) is 21.3. The van der Waals surface area contributed by atoms with Crippen LogP contribution in [0.5, 0.6) is 0 Å². The zero-order valence-electron chi connectivity index (χ0n) is 18.2. The van der Waals surface area contributed by atoms with Gasteiger partial charge in [0.05, 0.1) is 23.1 Å². The number of hydrogen-bond donors (Lipinski definition) is 0. The molecule has 0 saturated carbocycles. The zero-order chi connectivity index (χ0) is 24.0. The van der Waals surface area contributed by atoms with E-state index >= 15 is 0 Å². The molecule has 0 radical (unpaired) electrons. The van der Waals surface area contributed by atoms with Crippen LogP contribution < -0.4 is 0 Å². The molecule has 0 aromatic heterocycles. The Morgan fingerprint density at radius 1 is 1.03 bits per heavy atom. The van der Waals surface area contributed by atoms with Gasteiger partial charge in [0.2, 0.25) is 0 Å². The van der Waals surface area contributed by atoms with Crippen LogP contribution in [0.4, 0.5) is 0 Å². The molecule has 34 heavy (non-hydrogen) atoms. The van der Waals surface area contributed by atoms with E-state index in [0.29, 0.717) is 16.3 Å². The van der Waals surface area contributed by atoms with Crippen molar-refractivity contribution < 1.29 is 17.9 Å². The third-order valence-corrected chi connectivity index (χ3v) is 8.80. The first-order valence-electron chi connectivity index (χ1n) is 10.8. The van der Waals surface area contributed by atoms with E-state index in [1.807, 2.05) is 37.3 Å². The highest BCUT2D eigenvalue weighted by Crippen LogP contribution is 2.45. The van der Waals surface area contributed by atoms with E-state index in [1.54, 1.807) is 48.5 Å². The molecule has 0 spiro atoms. The summed E-state index contributed by atoms with van der Waals surface area (Å²) in [6.07, 6.45) is 1.22. The average molecular weight is 559 g/mol. The van der Waals surface area contributed by atoms with Gasteiger partial charge in [-0.2, -0.15) is 0 Å². The van der Waals surface area contributed by atoms with Crippen LogP contribution in [-0.2, 0) is 19.6 Å². The molecule has 8 heteroatoms. The number of halogens is 2. The van der Waals surface area contributed by atoms with E-state index in [1.165, 1.54) is 4.31 Å². The number of carbonyl (C=O) groups is 1. The van der Waals surface area contributed by atoms with Gasteiger partial charge in [0.15, 0.2) is 0 Å². The van der Waals surface area contributed by atoms with Crippen LogP contribution in [-0.4, -0.2) is 30.8 Å². The fraction of sp³-hybridized carbons (Fsp3) is 0.192. The number of fused-ring (bicyclic) bond motifs is 1. The molecule has 0 N–H and O–H groups in total. The Morgan fingerprint density at radius 2 is 1.74 bits per heavy atom. The summed E-state index contributed by atoms with van der Waals surface area (Å²) in [5, 5.41) is 0.550. The van der Waals surface area contributed by atoms with Gasteiger partial charge in [0.25, 0.3) is 10.0 Å². The molecule has 5 rings (SSSR count). The van der Waals surface area contributed by atoms with E-state index in [9.17, 15) is 13.2 Å². The van der Waals surface area contributed by atoms with Crippen LogP contribution in [0.25, 0.3) is 5.70 Å². The maximum Gasteiger partial charge on any atom is 0.308 e. The Balaban J connectivity index is 1.73. The Bertz CT molecular complexity index is 1390. The number of sulfonamides is 1. The largest absolute Gasteiger partial charge is 0.459 e. The minimum absolute atomic E-state index is 0.0226. The molecular formula is C26H21BrClNO4S. The lowest BCUT2D eigenvalue weighted by atomic mass is 9.84. The van der Waals surface area contributed by atoms with Gasteiger partial charge in [-0.25, -0.2) is 8.42 Å². The number of rotatable bonds is 4. The minimum atomic E-state index is -3.99. The maximum atomic E-state index is 14.0. The second-order valence-corrected chi connectivity index (χ2v) is 11.6. The molecule has 2 aliphatic heterocycles. The molecule has 0 amide bonds. The van der Waals surface area contributed by atoms with Crippen molar-refractivity contribution in [3.8, 4) is 0 Å². The van der Waals surface area contributed by atoms with Gasteiger partial charge < -0.3 is 4.74 Å². The van der Waals surface area contributed by atoms with Crippen LogP contribution in [0.1, 0.15) is 29.0 Å². The second kappa shape index (κ2) is 8.87. The van der Waals surface area contributed by atoms with Crippen LogP contribution in [0.15, 0.2) is 88.2 Å². The first-order chi connectivity index (χ1) is 16.2. The molecule has 5 nitrogen and oxygen atoms in total. The highest BCUT2D eigenvalue weighted by molar-refractivity contribution is 9.10. The normalized spacial score (nSPS) is 22.2. The van der Waals surface area contributed by atoms with Crippen molar-refractivity contribution in [2.24, 2.45) is 0 Å². The summed E-state index contributed by atoms with van der Waals surface area (Å²) in [6.45, 7) is 1.90. The SMILES string of the molecule is Cc1ccc(S(=O)(=O)N2C(c3ccc(Cl)cc3)=C[C@@H](c3cccc(Br)c3)[C@H]3OC(=O)C[C@H]32)cc1. The lowest BCUT2D eigenvalue weighted by Crippen LogP contribution is -2.48. The summed E-state index contributed by atoms with van der Waals surface area (Å²) in [7, 11) is -3.99. The van der Waals surface area contributed by atoms with E-state index < -0.39 is 28.1 Å². The number of carbonyl (C=O) groups excluding carboxylic acids is 1. The molecule has 0 unspecified atom stereocenters. The second-order valence-electron chi connectivity index (χ2n) is 8.48. The molecule has 2 heterocycles. The summed E-state index contributed by atoms with van der Waals surface area (Å²) in [5.74, 6) is -0.728. The monoisotopic (exact) mass is 557 g/mol. The van der Waals surface area contributed by atoms with Crippen LogP contribution in [0.3, 0.4) is 0 Å². The van der Waals surface area contributed by atoms with Crippen molar-refractivity contribution >= 4 is 49.2 Å². The Labute approximate surface area is 212 Å². The third kappa shape index (κ3) is 4.17. The first-order valence-corrected chi connectivity index (χ1v) is 13.4.